The number of rotatable bonds is 6. The van der Waals surface area contributed by atoms with Crippen molar-refractivity contribution in [2.45, 2.75) is 12.1 Å². The molecule has 3 aromatic rings. The van der Waals surface area contributed by atoms with Crippen molar-refractivity contribution in [3.8, 4) is 10.4 Å². The molecule has 162 valence electrons. The highest BCUT2D eigenvalue weighted by Gasteiger charge is 2.28. The maximum Gasteiger partial charge on any atom is 0.257 e. The fraction of sp³-hybridized carbons (Fsp3) is 0.318. The van der Waals surface area contributed by atoms with Gasteiger partial charge in [-0.2, -0.15) is 0 Å². The maximum atomic E-state index is 13.4. The van der Waals surface area contributed by atoms with E-state index >= 15 is 0 Å². The minimum atomic E-state index is -0.162. The van der Waals surface area contributed by atoms with E-state index in [0.717, 1.165) is 21.2 Å². The van der Waals surface area contributed by atoms with Crippen LogP contribution in [0.4, 0.5) is 5.00 Å². The SMILES string of the molecule is Cc1c(-c2ccccc2)sc(NC(=O)CSc2nccn2C)c1C(=O)N1CCOCC1. The third kappa shape index (κ3) is 4.84. The number of anilines is 1. The van der Waals surface area contributed by atoms with Crippen LogP contribution in [0.1, 0.15) is 15.9 Å². The van der Waals surface area contributed by atoms with Crippen molar-refractivity contribution in [3.05, 3.63) is 53.9 Å². The van der Waals surface area contributed by atoms with Gasteiger partial charge in [0, 0.05) is 37.4 Å². The van der Waals surface area contributed by atoms with Crippen molar-refractivity contribution < 1.29 is 14.3 Å². The molecule has 0 bridgehead atoms. The second kappa shape index (κ2) is 9.67. The summed E-state index contributed by atoms with van der Waals surface area (Å²) in [5, 5.41) is 4.35. The topological polar surface area (TPSA) is 76.5 Å². The Hall–Kier alpha value is -2.62. The highest BCUT2D eigenvalue weighted by Crippen LogP contribution is 2.40. The second-order valence-corrected chi connectivity index (χ2v) is 9.15. The molecule has 3 heterocycles. The van der Waals surface area contributed by atoms with E-state index < -0.39 is 0 Å². The molecule has 0 aliphatic carbocycles. The lowest BCUT2D eigenvalue weighted by Gasteiger charge is -2.27. The van der Waals surface area contributed by atoms with E-state index in [9.17, 15) is 9.59 Å². The fourth-order valence-corrected chi connectivity index (χ4v) is 5.39. The van der Waals surface area contributed by atoms with Gasteiger partial charge in [-0.15, -0.1) is 11.3 Å². The van der Waals surface area contributed by atoms with Gasteiger partial charge in [0.2, 0.25) is 5.91 Å². The monoisotopic (exact) mass is 456 g/mol. The summed E-state index contributed by atoms with van der Waals surface area (Å²) >= 11 is 2.81. The lowest BCUT2D eigenvalue weighted by Crippen LogP contribution is -2.41. The van der Waals surface area contributed by atoms with Crippen molar-refractivity contribution >= 4 is 39.9 Å². The van der Waals surface area contributed by atoms with Crippen molar-refractivity contribution in [2.24, 2.45) is 7.05 Å². The highest BCUT2D eigenvalue weighted by molar-refractivity contribution is 7.99. The Labute approximate surface area is 189 Å². The van der Waals surface area contributed by atoms with Crippen LogP contribution in [-0.4, -0.2) is 58.3 Å². The molecular weight excluding hydrogens is 432 g/mol. The lowest BCUT2D eigenvalue weighted by molar-refractivity contribution is -0.113. The summed E-state index contributed by atoms with van der Waals surface area (Å²) in [7, 11) is 1.89. The molecule has 4 rings (SSSR count). The Balaban J connectivity index is 1.60. The van der Waals surface area contributed by atoms with Crippen LogP contribution < -0.4 is 5.32 Å². The smallest absolute Gasteiger partial charge is 0.257 e. The summed E-state index contributed by atoms with van der Waals surface area (Å²) in [4.78, 5) is 33.1. The molecule has 2 aromatic heterocycles. The Bertz CT molecular complexity index is 1070. The minimum Gasteiger partial charge on any atom is -0.378 e. The molecule has 1 aromatic carbocycles. The van der Waals surface area contributed by atoms with E-state index in [4.69, 9.17) is 4.74 Å². The zero-order chi connectivity index (χ0) is 21.8. The number of morpholine rings is 1. The number of carbonyl (C=O) groups is 2. The number of aryl methyl sites for hydroxylation is 1. The van der Waals surface area contributed by atoms with Crippen molar-refractivity contribution in [1.82, 2.24) is 14.5 Å². The molecule has 9 heteroatoms. The van der Waals surface area contributed by atoms with Crippen LogP contribution in [0.15, 0.2) is 47.9 Å². The molecule has 0 saturated carbocycles. The van der Waals surface area contributed by atoms with Gasteiger partial charge in [-0.1, -0.05) is 42.1 Å². The van der Waals surface area contributed by atoms with Crippen LogP contribution in [0.5, 0.6) is 0 Å². The molecule has 7 nitrogen and oxygen atoms in total. The number of hydrogen-bond acceptors (Lipinski definition) is 6. The van der Waals surface area contributed by atoms with Crippen LogP contribution in [0.2, 0.25) is 0 Å². The predicted octanol–water partition coefficient (Wildman–Crippen LogP) is 3.66. The first-order valence-electron chi connectivity index (χ1n) is 10.0. The molecule has 31 heavy (non-hydrogen) atoms. The molecule has 1 aliphatic rings. The van der Waals surface area contributed by atoms with E-state index in [-0.39, 0.29) is 17.6 Å². The summed E-state index contributed by atoms with van der Waals surface area (Å²) in [5.41, 5.74) is 2.49. The van der Waals surface area contributed by atoms with Gasteiger partial charge < -0.3 is 19.5 Å². The van der Waals surface area contributed by atoms with Crippen LogP contribution >= 0.6 is 23.1 Å². The van der Waals surface area contributed by atoms with E-state index in [2.05, 4.69) is 10.3 Å². The van der Waals surface area contributed by atoms with E-state index in [1.54, 1.807) is 11.1 Å². The highest BCUT2D eigenvalue weighted by atomic mass is 32.2. The molecule has 0 spiro atoms. The van der Waals surface area contributed by atoms with Crippen LogP contribution in [0.25, 0.3) is 10.4 Å². The number of benzene rings is 1. The lowest BCUT2D eigenvalue weighted by atomic mass is 10.1. The van der Waals surface area contributed by atoms with Gasteiger partial charge in [0.25, 0.3) is 5.91 Å². The number of ether oxygens (including phenoxy) is 1. The molecule has 1 N–H and O–H groups in total. The van der Waals surface area contributed by atoms with Crippen molar-refractivity contribution in [3.63, 3.8) is 0 Å². The van der Waals surface area contributed by atoms with Gasteiger partial charge in [-0.25, -0.2) is 4.98 Å². The molecule has 1 aliphatic heterocycles. The summed E-state index contributed by atoms with van der Waals surface area (Å²) in [6, 6.07) is 9.94. The number of nitrogens with one attached hydrogen (secondary N) is 1. The van der Waals surface area contributed by atoms with E-state index in [1.807, 2.05) is 55.1 Å². The van der Waals surface area contributed by atoms with Gasteiger partial charge in [-0.05, 0) is 18.1 Å². The Morgan fingerprint density at radius 1 is 1.23 bits per heavy atom. The molecule has 1 saturated heterocycles. The summed E-state index contributed by atoms with van der Waals surface area (Å²) in [6.07, 6.45) is 3.54. The first-order chi connectivity index (χ1) is 15.0. The summed E-state index contributed by atoms with van der Waals surface area (Å²) in [5.74, 6) is -0.00984. The maximum absolute atomic E-state index is 13.4. The van der Waals surface area contributed by atoms with Gasteiger partial charge in [0.15, 0.2) is 5.16 Å². The van der Waals surface area contributed by atoms with Crippen LogP contribution in [0, 0.1) is 6.92 Å². The number of thioether (sulfide) groups is 1. The number of aromatic nitrogens is 2. The first-order valence-corrected chi connectivity index (χ1v) is 11.8. The average molecular weight is 457 g/mol. The van der Waals surface area contributed by atoms with Crippen molar-refractivity contribution in [1.29, 1.82) is 0 Å². The van der Waals surface area contributed by atoms with Gasteiger partial charge >= 0.3 is 0 Å². The molecule has 0 atom stereocenters. The van der Waals surface area contributed by atoms with E-state index in [0.29, 0.717) is 36.9 Å². The van der Waals surface area contributed by atoms with E-state index in [1.165, 1.54) is 23.1 Å². The Kier molecular flexibility index (Phi) is 6.74. The largest absolute Gasteiger partial charge is 0.378 e. The third-order valence-electron chi connectivity index (χ3n) is 5.06. The van der Waals surface area contributed by atoms with Crippen molar-refractivity contribution in [2.75, 3.05) is 37.4 Å². The number of thiophene rings is 1. The predicted molar refractivity (Wildman–Crippen MR) is 124 cm³/mol. The third-order valence-corrected chi connectivity index (χ3v) is 7.37. The molecule has 0 unspecified atom stereocenters. The molecule has 0 radical (unpaired) electrons. The van der Waals surface area contributed by atoms with Crippen LogP contribution in [-0.2, 0) is 16.6 Å². The van der Waals surface area contributed by atoms with Gasteiger partial charge in [0.05, 0.1) is 24.5 Å². The summed E-state index contributed by atoms with van der Waals surface area (Å²) in [6.45, 7) is 4.12. The van der Waals surface area contributed by atoms with Crippen LogP contribution in [0.3, 0.4) is 0 Å². The normalized spacial score (nSPS) is 13.9. The molecule has 2 amide bonds. The quantitative estimate of drug-likeness (QED) is 0.573. The summed E-state index contributed by atoms with van der Waals surface area (Å²) < 4.78 is 7.26. The first kappa shape index (κ1) is 21.6. The molecule has 1 fully saturated rings. The number of carbonyl (C=O) groups excluding carboxylic acids is 2. The minimum absolute atomic E-state index is 0.0636. The second-order valence-electron chi connectivity index (χ2n) is 7.19. The Morgan fingerprint density at radius 3 is 2.65 bits per heavy atom. The van der Waals surface area contributed by atoms with Gasteiger partial charge in [0.1, 0.15) is 5.00 Å². The Morgan fingerprint density at radius 2 is 1.97 bits per heavy atom. The number of nitrogens with zero attached hydrogens (tertiary/aromatic N) is 3. The fourth-order valence-electron chi connectivity index (χ4n) is 3.43. The number of imidazole rings is 1. The number of amides is 2. The van der Waals surface area contributed by atoms with Gasteiger partial charge in [-0.3, -0.25) is 9.59 Å². The standard InChI is InChI=1S/C22H24N4O3S2/c1-15-18(21(28)26-10-12-29-13-11-26)20(31-19(15)16-6-4-3-5-7-16)24-17(27)14-30-22-23-8-9-25(22)2/h3-9H,10-14H2,1-2H3,(H,24,27). The zero-order valence-electron chi connectivity index (χ0n) is 17.5. The zero-order valence-corrected chi connectivity index (χ0v) is 19.1. The molecular formula is C22H24N4O3S2. The number of hydrogen-bond donors (Lipinski definition) is 1. The average Bonchev–Trinajstić information content (AvgIpc) is 3.35.